The van der Waals surface area contributed by atoms with Gasteiger partial charge >= 0.3 is 0 Å². The van der Waals surface area contributed by atoms with E-state index in [4.69, 9.17) is 0 Å². The molecule has 0 aromatic heterocycles. The van der Waals surface area contributed by atoms with Gasteiger partial charge in [0.05, 0.1) is 0 Å². The molecule has 0 aliphatic carbocycles. The first-order valence-corrected chi connectivity index (χ1v) is 7.50. The van der Waals surface area contributed by atoms with E-state index < -0.39 is 0 Å². The minimum absolute atomic E-state index is 0.313. The molecule has 2 rings (SSSR count). The molecule has 20 heavy (non-hydrogen) atoms. The fourth-order valence-corrected chi connectivity index (χ4v) is 2.78. The zero-order chi connectivity index (χ0) is 14.5. The van der Waals surface area contributed by atoms with E-state index in [1.54, 1.807) is 0 Å². The highest BCUT2D eigenvalue weighted by Gasteiger charge is 2.18. The summed E-state index contributed by atoms with van der Waals surface area (Å²) in [5.74, 6) is -0.679. The van der Waals surface area contributed by atoms with Gasteiger partial charge in [0.2, 0.25) is 0 Å². The second-order valence-corrected chi connectivity index (χ2v) is 5.76. The fourth-order valence-electron chi connectivity index (χ4n) is 2.78. The molecule has 1 fully saturated rings. The van der Waals surface area contributed by atoms with E-state index in [1.165, 1.54) is 18.2 Å². The number of nitrogens with zero attached hydrogens (tertiary/aromatic N) is 1. The van der Waals surface area contributed by atoms with Crippen molar-refractivity contribution in [1.29, 1.82) is 0 Å². The van der Waals surface area contributed by atoms with Gasteiger partial charge in [-0.1, -0.05) is 6.92 Å². The summed E-state index contributed by atoms with van der Waals surface area (Å²) in [4.78, 5) is 2.23. The van der Waals surface area contributed by atoms with Crippen molar-refractivity contribution in [2.75, 3.05) is 13.1 Å². The van der Waals surface area contributed by atoms with Crippen LogP contribution in [-0.2, 0) is 6.54 Å². The SMILES string of the molecule is CCC1CCN(Cc2cc(F)ccc2F)CCC(C)N1. The van der Waals surface area contributed by atoms with Crippen LogP contribution in [0.3, 0.4) is 0 Å². The third kappa shape index (κ3) is 4.25. The summed E-state index contributed by atoms with van der Waals surface area (Å²) in [5.41, 5.74) is 0.458. The largest absolute Gasteiger partial charge is 0.311 e. The summed E-state index contributed by atoms with van der Waals surface area (Å²) < 4.78 is 27.0. The van der Waals surface area contributed by atoms with Crippen molar-refractivity contribution in [3.05, 3.63) is 35.4 Å². The summed E-state index contributed by atoms with van der Waals surface area (Å²) in [7, 11) is 0. The third-order valence-electron chi connectivity index (χ3n) is 4.09. The molecular formula is C16H24F2N2. The van der Waals surface area contributed by atoms with Crippen LogP contribution in [0.4, 0.5) is 8.78 Å². The van der Waals surface area contributed by atoms with Gasteiger partial charge in [0, 0.05) is 24.2 Å². The molecule has 1 aromatic rings. The van der Waals surface area contributed by atoms with E-state index in [2.05, 4.69) is 24.1 Å². The predicted molar refractivity (Wildman–Crippen MR) is 77.5 cm³/mol. The van der Waals surface area contributed by atoms with Crippen molar-refractivity contribution in [3.8, 4) is 0 Å². The molecule has 4 heteroatoms. The Morgan fingerprint density at radius 3 is 2.75 bits per heavy atom. The predicted octanol–water partition coefficient (Wildman–Crippen LogP) is 3.32. The van der Waals surface area contributed by atoms with Crippen molar-refractivity contribution >= 4 is 0 Å². The molecule has 1 heterocycles. The van der Waals surface area contributed by atoms with Gasteiger partial charge in [-0.15, -0.1) is 0 Å². The Labute approximate surface area is 120 Å². The second-order valence-electron chi connectivity index (χ2n) is 5.76. The zero-order valence-corrected chi connectivity index (χ0v) is 12.3. The summed E-state index contributed by atoms with van der Waals surface area (Å²) in [6.45, 7) is 6.71. The van der Waals surface area contributed by atoms with Gasteiger partial charge in [0.15, 0.2) is 0 Å². The molecule has 0 radical (unpaired) electrons. The average molecular weight is 282 g/mol. The van der Waals surface area contributed by atoms with Crippen molar-refractivity contribution in [3.63, 3.8) is 0 Å². The number of hydrogen-bond acceptors (Lipinski definition) is 2. The summed E-state index contributed by atoms with van der Waals surface area (Å²) in [5, 5.41) is 3.61. The normalized spacial score (nSPS) is 25.2. The number of halogens is 2. The van der Waals surface area contributed by atoms with E-state index in [9.17, 15) is 8.78 Å². The molecule has 2 nitrogen and oxygen atoms in total. The van der Waals surface area contributed by atoms with Crippen LogP contribution in [0, 0.1) is 11.6 Å². The van der Waals surface area contributed by atoms with Crippen molar-refractivity contribution in [2.45, 2.75) is 51.7 Å². The number of hydrogen-bond donors (Lipinski definition) is 1. The van der Waals surface area contributed by atoms with Crippen LogP contribution in [0.15, 0.2) is 18.2 Å². The standard InChI is InChI=1S/C16H24F2N2/c1-3-15-7-9-20(8-6-12(2)19-15)11-13-10-14(17)4-5-16(13)18/h4-5,10,12,15,19H,3,6-9,11H2,1-2H3. The monoisotopic (exact) mass is 282 g/mol. The number of benzene rings is 1. The Kier molecular flexibility index (Phi) is 5.49. The summed E-state index contributed by atoms with van der Waals surface area (Å²) in [6, 6.07) is 4.69. The lowest BCUT2D eigenvalue weighted by atomic mass is 10.0. The molecule has 1 saturated heterocycles. The van der Waals surface area contributed by atoms with Gasteiger partial charge < -0.3 is 5.32 Å². The molecular weight excluding hydrogens is 258 g/mol. The maximum atomic E-state index is 13.7. The lowest BCUT2D eigenvalue weighted by Gasteiger charge is -2.32. The molecule has 1 aliphatic rings. The van der Waals surface area contributed by atoms with Gasteiger partial charge in [0.1, 0.15) is 11.6 Å². The summed E-state index contributed by atoms with van der Waals surface area (Å²) in [6.07, 6.45) is 3.19. The Bertz CT molecular complexity index is 436. The molecule has 1 N–H and O–H groups in total. The second kappa shape index (κ2) is 7.14. The van der Waals surface area contributed by atoms with Crippen LogP contribution in [0.2, 0.25) is 0 Å². The number of nitrogens with one attached hydrogen (secondary N) is 1. The molecule has 112 valence electrons. The Hall–Kier alpha value is -1.00. The lowest BCUT2D eigenvalue weighted by molar-refractivity contribution is 0.204. The van der Waals surface area contributed by atoms with Crippen molar-refractivity contribution < 1.29 is 8.78 Å². The van der Waals surface area contributed by atoms with Crippen LogP contribution >= 0.6 is 0 Å². The van der Waals surface area contributed by atoms with E-state index in [0.717, 1.165) is 32.4 Å². The van der Waals surface area contributed by atoms with Gasteiger partial charge in [0.25, 0.3) is 0 Å². The maximum absolute atomic E-state index is 13.7. The van der Waals surface area contributed by atoms with Crippen LogP contribution in [0.25, 0.3) is 0 Å². The highest BCUT2D eigenvalue weighted by molar-refractivity contribution is 5.18. The third-order valence-corrected chi connectivity index (χ3v) is 4.09. The zero-order valence-electron chi connectivity index (χ0n) is 12.3. The Morgan fingerprint density at radius 1 is 1.25 bits per heavy atom. The van der Waals surface area contributed by atoms with Gasteiger partial charge in [-0.25, -0.2) is 8.78 Å². The van der Waals surface area contributed by atoms with Crippen molar-refractivity contribution in [1.82, 2.24) is 10.2 Å². The molecule has 0 spiro atoms. The molecule has 1 aliphatic heterocycles. The Morgan fingerprint density at radius 2 is 2.00 bits per heavy atom. The molecule has 0 amide bonds. The minimum Gasteiger partial charge on any atom is -0.311 e. The molecule has 2 atom stereocenters. The van der Waals surface area contributed by atoms with Crippen LogP contribution in [0.1, 0.15) is 38.7 Å². The first-order chi connectivity index (χ1) is 9.58. The van der Waals surface area contributed by atoms with Gasteiger partial charge in [-0.3, -0.25) is 4.90 Å². The van der Waals surface area contributed by atoms with Crippen LogP contribution in [-0.4, -0.2) is 30.1 Å². The first kappa shape index (κ1) is 15.4. The smallest absolute Gasteiger partial charge is 0.127 e. The van der Waals surface area contributed by atoms with Gasteiger partial charge in [-0.2, -0.15) is 0 Å². The highest BCUT2D eigenvalue weighted by Crippen LogP contribution is 2.15. The first-order valence-electron chi connectivity index (χ1n) is 7.50. The van der Waals surface area contributed by atoms with E-state index in [1.807, 2.05) is 0 Å². The average Bonchev–Trinajstić information content (AvgIpc) is 2.41. The lowest BCUT2D eigenvalue weighted by Crippen LogP contribution is -2.43. The highest BCUT2D eigenvalue weighted by atomic mass is 19.1. The van der Waals surface area contributed by atoms with Gasteiger partial charge in [-0.05, 0) is 57.5 Å². The fraction of sp³-hybridized carbons (Fsp3) is 0.625. The number of rotatable bonds is 3. The quantitative estimate of drug-likeness (QED) is 0.915. The van der Waals surface area contributed by atoms with E-state index >= 15 is 0 Å². The Balaban J connectivity index is 2.02. The molecule has 0 saturated carbocycles. The molecule has 0 bridgehead atoms. The molecule has 1 aromatic carbocycles. The van der Waals surface area contributed by atoms with Crippen molar-refractivity contribution in [2.24, 2.45) is 0 Å². The topological polar surface area (TPSA) is 15.3 Å². The van der Waals surface area contributed by atoms with Crippen LogP contribution in [0.5, 0.6) is 0 Å². The van der Waals surface area contributed by atoms with E-state index in [0.29, 0.717) is 24.2 Å². The van der Waals surface area contributed by atoms with E-state index in [-0.39, 0.29) is 11.6 Å². The molecule has 2 unspecified atom stereocenters. The van der Waals surface area contributed by atoms with Crippen LogP contribution < -0.4 is 5.32 Å². The minimum atomic E-state index is -0.366. The maximum Gasteiger partial charge on any atom is 0.127 e. The summed E-state index contributed by atoms with van der Waals surface area (Å²) >= 11 is 0.